The van der Waals surface area contributed by atoms with Crippen molar-refractivity contribution in [2.24, 2.45) is 7.05 Å². The van der Waals surface area contributed by atoms with E-state index >= 15 is 0 Å². The van der Waals surface area contributed by atoms with Crippen molar-refractivity contribution in [2.75, 3.05) is 13.7 Å². The fourth-order valence-corrected chi connectivity index (χ4v) is 4.51. The third-order valence-electron chi connectivity index (χ3n) is 6.51. The minimum absolute atomic E-state index is 0.273. The maximum Gasteiger partial charge on any atom is 0.365 e. The van der Waals surface area contributed by atoms with Gasteiger partial charge in [-0.1, -0.05) is 103 Å². The van der Waals surface area contributed by atoms with Crippen LogP contribution in [0.3, 0.4) is 0 Å². The monoisotopic (exact) mass is 475 g/mol. The molecule has 0 aliphatic heterocycles. The van der Waals surface area contributed by atoms with Crippen molar-refractivity contribution in [1.82, 2.24) is 4.74 Å². The number of benzene rings is 1. The third kappa shape index (κ3) is 9.55. The second kappa shape index (κ2) is 16.4. The molecule has 0 spiro atoms. The number of methoxy groups -OCH3 is 1. The lowest BCUT2D eigenvalue weighted by Crippen LogP contribution is -2.06. The van der Waals surface area contributed by atoms with Crippen LogP contribution >= 0.6 is 0 Å². The average Bonchev–Trinajstić information content (AvgIpc) is 3.13. The summed E-state index contributed by atoms with van der Waals surface area (Å²) < 4.78 is 17.1. The van der Waals surface area contributed by atoms with Crippen molar-refractivity contribution in [3.63, 3.8) is 0 Å². The van der Waals surface area contributed by atoms with Gasteiger partial charge in [0.2, 0.25) is 0 Å². The number of ether oxygens (including phenoxy) is 2. The molecule has 1 heterocycles. The van der Waals surface area contributed by atoms with E-state index in [4.69, 9.17) is 14.0 Å². The van der Waals surface area contributed by atoms with E-state index in [9.17, 15) is 9.59 Å². The van der Waals surface area contributed by atoms with Crippen LogP contribution in [0.1, 0.15) is 120 Å². The summed E-state index contributed by atoms with van der Waals surface area (Å²) in [4.78, 5) is 24.2. The van der Waals surface area contributed by atoms with Gasteiger partial charge in [-0.3, -0.25) is 0 Å². The lowest BCUT2D eigenvalue weighted by atomic mass is 10.0. The van der Waals surface area contributed by atoms with E-state index < -0.39 is 11.6 Å². The van der Waals surface area contributed by atoms with Crippen molar-refractivity contribution in [3.8, 4) is 5.75 Å². The van der Waals surface area contributed by atoms with Crippen LogP contribution in [0.5, 0.6) is 5.75 Å². The molecule has 0 unspecified atom stereocenters. The predicted molar refractivity (Wildman–Crippen MR) is 138 cm³/mol. The molecule has 34 heavy (non-hydrogen) atoms. The van der Waals surface area contributed by atoms with Gasteiger partial charge in [0.15, 0.2) is 0 Å². The van der Waals surface area contributed by atoms with Gasteiger partial charge >= 0.3 is 11.6 Å². The first-order valence-electron chi connectivity index (χ1n) is 13.4. The molecular weight excluding hydrogens is 430 g/mol. The Kier molecular flexibility index (Phi) is 13.5. The summed E-state index contributed by atoms with van der Waals surface area (Å²) in [7, 11) is 2.91. The first-order chi connectivity index (χ1) is 16.6. The number of aromatic nitrogens is 1. The molecule has 0 radical (unpaired) electrons. The largest absolute Gasteiger partial charge is 0.494 e. The molecule has 0 bridgehead atoms. The second-order valence-electron chi connectivity index (χ2n) is 9.39. The zero-order valence-electron chi connectivity index (χ0n) is 21.7. The van der Waals surface area contributed by atoms with Crippen LogP contribution < -0.4 is 10.4 Å². The third-order valence-corrected chi connectivity index (χ3v) is 6.51. The van der Waals surface area contributed by atoms with Gasteiger partial charge in [0.25, 0.3) is 0 Å². The number of hydrogen-bond acceptors (Lipinski definition) is 5. The minimum Gasteiger partial charge on any atom is -0.494 e. The highest BCUT2D eigenvalue weighted by atomic mass is 16.5. The zero-order chi connectivity index (χ0) is 24.6. The molecule has 6 heteroatoms. The molecule has 192 valence electrons. The molecule has 0 atom stereocenters. The average molecular weight is 476 g/mol. The van der Waals surface area contributed by atoms with Crippen LogP contribution in [0.15, 0.2) is 21.5 Å². The highest BCUT2D eigenvalue weighted by Gasteiger charge is 2.19. The van der Waals surface area contributed by atoms with Crippen LogP contribution in [-0.4, -0.2) is 24.4 Å². The first-order valence-corrected chi connectivity index (χ1v) is 13.4. The summed E-state index contributed by atoms with van der Waals surface area (Å²) in [5.41, 5.74) is 0.206. The Hall–Kier alpha value is -2.24. The maximum atomic E-state index is 12.1. The van der Waals surface area contributed by atoms with Crippen LogP contribution in [0, 0.1) is 0 Å². The fourth-order valence-electron chi connectivity index (χ4n) is 4.51. The van der Waals surface area contributed by atoms with E-state index in [1.54, 1.807) is 19.2 Å². The number of esters is 1. The highest BCUT2D eigenvalue weighted by molar-refractivity contribution is 6.03. The molecule has 0 saturated heterocycles. The van der Waals surface area contributed by atoms with Gasteiger partial charge in [0.1, 0.15) is 11.3 Å². The van der Waals surface area contributed by atoms with E-state index in [2.05, 4.69) is 6.92 Å². The molecular formula is C28H45NO5. The van der Waals surface area contributed by atoms with Crippen molar-refractivity contribution >= 4 is 16.9 Å². The highest BCUT2D eigenvalue weighted by Crippen LogP contribution is 2.25. The van der Waals surface area contributed by atoms with E-state index in [1.807, 2.05) is 0 Å². The number of rotatable bonds is 19. The summed E-state index contributed by atoms with van der Waals surface area (Å²) >= 11 is 0. The predicted octanol–water partition coefficient (Wildman–Crippen LogP) is 7.56. The summed E-state index contributed by atoms with van der Waals surface area (Å²) in [6.45, 7) is 2.83. The Morgan fingerprint density at radius 3 is 1.82 bits per heavy atom. The van der Waals surface area contributed by atoms with E-state index in [-0.39, 0.29) is 5.56 Å². The van der Waals surface area contributed by atoms with Gasteiger partial charge in [-0.25, -0.2) is 14.3 Å². The standard InChI is InChI=1S/C28H45NO5/c1-4-5-6-7-8-9-10-11-12-13-14-15-16-17-18-19-20-33-23-21-24(27(30)32-3)26-25(22-23)28(31)34-29(26)2/h21-22H,4-20H2,1-3H3. The molecule has 2 rings (SSSR count). The number of aryl methyl sites for hydroxylation is 1. The molecule has 0 N–H and O–H groups in total. The molecule has 1 aromatic heterocycles. The Bertz CT molecular complexity index is 898. The summed E-state index contributed by atoms with van der Waals surface area (Å²) in [6.07, 6.45) is 21.2. The van der Waals surface area contributed by atoms with Gasteiger partial charge in [-0.15, -0.1) is 0 Å². The molecule has 1 aromatic carbocycles. The molecule has 2 aromatic rings. The Morgan fingerprint density at radius 1 is 0.824 bits per heavy atom. The summed E-state index contributed by atoms with van der Waals surface area (Å²) in [5, 5.41) is 0.326. The molecule has 0 aliphatic carbocycles. The summed E-state index contributed by atoms with van der Waals surface area (Å²) in [6, 6.07) is 3.26. The van der Waals surface area contributed by atoms with Crippen LogP contribution in [0.2, 0.25) is 0 Å². The van der Waals surface area contributed by atoms with Crippen molar-refractivity contribution in [3.05, 3.63) is 28.1 Å². The molecule has 0 saturated carbocycles. The van der Waals surface area contributed by atoms with Crippen LogP contribution in [-0.2, 0) is 11.8 Å². The zero-order valence-corrected chi connectivity index (χ0v) is 21.7. The lowest BCUT2D eigenvalue weighted by molar-refractivity contribution is 0.0601. The number of fused-ring (bicyclic) bond motifs is 1. The Morgan fingerprint density at radius 2 is 1.32 bits per heavy atom. The normalized spacial score (nSPS) is 11.3. The van der Waals surface area contributed by atoms with Crippen molar-refractivity contribution in [1.29, 1.82) is 0 Å². The number of hydrogen-bond donors (Lipinski definition) is 0. The van der Waals surface area contributed by atoms with Gasteiger partial charge < -0.3 is 14.0 Å². The van der Waals surface area contributed by atoms with E-state index in [0.29, 0.717) is 23.3 Å². The number of unbranched alkanes of at least 4 members (excludes halogenated alkanes) is 15. The second-order valence-corrected chi connectivity index (χ2v) is 9.39. The number of carbonyl (C=O) groups excluding carboxylic acids is 1. The quantitative estimate of drug-likeness (QED) is 0.155. The Labute approximate surface area is 205 Å². The minimum atomic E-state index is -0.519. The first kappa shape index (κ1) is 28.0. The smallest absolute Gasteiger partial charge is 0.365 e. The van der Waals surface area contributed by atoms with Crippen LogP contribution in [0.25, 0.3) is 10.9 Å². The fraction of sp³-hybridized carbons (Fsp3) is 0.714. The maximum absolute atomic E-state index is 12.1. The van der Waals surface area contributed by atoms with Gasteiger partial charge in [0.05, 0.1) is 24.7 Å². The number of carbonyl (C=O) groups is 1. The SMILES string of the molecule is CCCCCCCCCCCCCCCCCCOc1cc(C(=O)OC)c2c(c1)c(=O)on2C. The topological polar surface area (TPSA) is 70.7 Å². The molecule has 0 amide bonds. The molecule has 0 aliphatic rings. The molecule has 0 fully saturated rings. The van der Waals surface area contributed by atoms with Gasteiger partial charge in [-0.2, -0.15) is 0 Å². The molecule has 6 nitrogen and oxygen atoms in total. The van der Waals surface area contributed by atoms with Gasteiger partial charge in [-0.05, 0) is 18.6 Å². The Balaban J connectivity index is 1.53. The number of nitrogens with zero attached hydrogens (tertiary/aromatic N) is 1. The van der Waals surface area contributed by atoms with Gasteiger partial charge in [0, 0.05) is 7.05 Å². The van der Waals surface area contributed by atoms with Crippen molar-refractivity contribution in [2.45, 2.75) is 110 Å². The lowest BCUT2D eigenvalue weighted by Gasteiger charge is -2.09. The summed E-state index contributed by atoms with van der Waals surface area (Å²) in [5.74, 6) is -0.0263. The van der Waals surface area contributed by atoms with Crippen LogP contribution in [0.4, 0.5) is 0 Å². The van der Waals surface area contributed by atoms with E-state index in [0.717, 1.165) is 12.8 Å². The van der Waals surface area contributed by atoms with Crippen molar-refractivity contribution < 1.29 is 18.8 Å². The van der Waals surface area contributed by atoms with E-state index in [1.165, 1.54) is 102 Å².